The van der Waals surface area contributed by atoms with E-state index in [4.69, 9.17) is 18.9 Å². The molecule has 10 heteroatoms. The minimum atomic E-state index is -4.52. The Morgan fingerprint density at radius 2 is 1.83 bits per heavy atom. The third kappa shape index (κ3) is 4.54. The molecule has 4 rings (SSSR count). The van der Waals surface area contributed by atoms with Gasteiger partial charge >= 0.3 is 6.18 Å². The van der Waals surface area contributed by atoms with Crippen molar-refractivity contribution >= 4 is 17.3 Å². The number of ether oxygens (including phenoxy) is 4. The molecule has 0 aromatic heterocycles. The van der Waals surface area contributed by atoms with Crippen LogP contribution in [0.15, 0.2) is 36.4 Å². The van der Waals surface area contributed by atoms with Gasteiger partial charge in [-0.2, -0.15) is 13.2 Å². The number of carbonyl (C=O) groups excluding carboxylic acids is 1. The molecule has 1 saturated heterocycles. The topological polar surface area (TPSA) is 69.3 Å². The molecule has 0 bridgehead atoms. The van der Waals surface area contributed by atoms with Crippen molar-refractivity contribution in [2.45, 2.75) is 6.18 Å². The van der Waals surface area contributed by atoms with E-state index in [1.807, 2.05) is 4.90 Å². The Balaban J connectivity index is 1.47. The van der Waals surface area contributed by atoms with Crippen LogP contribution >= 0.6 is 0 Å². The van der Waals surface area contributed by atoms with Crippen LogP contribution in [0.1, 0.15) is 5.56 Å². The van der Waals surface area contributed by atoms with E-state index >= 15 is 0 Å². The number of nitrogens with one attached hydrogen (secondary N) is 1. The summed E-state index contributed by atoms with van der Waals surface area (Å²) in [5, 5.41) is 2.54. The fourth-order valence-corrected chi connectivity index (χ4v) is 3.19. The van der Waals surface area contributed by atoms with Gasteiger partial charge in [-0.15, -0.1) is 0 Å². The summed E-state index contributed by atoms with van der Waals surface area (Å²) >= 11 is 0. The third-order valence-corrected chi connectivity index (χ3v) is 4.66. The molecule has 1 N–H and O–H groups in total. The molecule has 0 atom stereocenters. The maximum absolute atomic E-state index is 13.2. The molecule has 2 aromatic carbocycles. The molecule has 7 nitrogen and oxygen atoms in total. The molecule has 2 heterocycles. The summed E-state index contributed by atoms with van der Waals surface area (Å²) in [4.78, 5) is 14.3. The van der Waals surface area contributed by atoms with E-state index in [-0.39, 0.29) is 19.1 Å². The molecule has 160 valence electrons. The minimum absolute atomic E-state index is 0.0750. The Morgan fingerprint density at radius 3 is 2.60 bits per heavy atom. The number of hydrogen-bond acceptors (Lipinski definition) is 6. The SMILES string of the molecule is O=C(COc1ccc2c(c1)OCO2)Nc1cc(C(F)(F)F)ccc1N1CCOCC1. The molecule has 0 saturated carbocycles. The van der Waals surface area contributed by atoms with Crippen molar-refractivity contribution in [3.8, 4) is 17.2 Å². The fraction of sp³-hybridized carbons (Fsp3) is 0.350. The Morgan fingerprint density at radius 1 is 1.07 bits per heavy atom. The second-order valence-corrected chi connectivity index (χ2v) is 6.68. The lowest BCUT2D eigenvalue weighted by molar-refractivity contribution is -0.137. The van der Waals surface area contributed by atoms with E-state index in [0.717, 1.165) is 12.1 Å². The standard InChI is InChI=1S/C20H19F3N2O5/c21-20(22,23)13-1-3-16(25-5-7-27-8-6-25)15(9-13)24-19(26)11-28-14-2-4-17-18(10-14)30-12-29-17/h1-4,9-10H,5-8,11-12H2,(H,24,26). The Labute approximate surface area is 170 Å². The van der Waals surface area contributed by atoms with Gasteiger partial charge < -0.3 is 29.2 Å². The van der Waals surface area contributed by atoms with Gasteiger partial charge in [0.1, 0.15) is 5.75 Å². The van der Waals surface area contributed by atoms with E-state index in [1.165, 1.54) is 6.07 Å². The highest BCUT2D eigenvalue weighted by molar-refractivity contribution is 5.95. The molecule has 2 aliphatic rings. The van der Waals surface area contributed by atoms with Crippen LogP contribution in [0, 0.1) is 0 Å². The largest absolute Gasteiger partial charge is 0.484 e. The Bertz CT molecular complexity index is 929. The molecule has 2 aromatic rings. The number of rotatable bonds is 5. The molecule has 1 amide bonds. The van der Waals surface area contributed by atoms with Gasteiger partial charge in [-0.25, -0.2) is 0 Å². The summed E-state index contributed by atoms with van der Waals surface area (Å²) in [6, 6.07) is 8.15. The Kier molecular flexibility index (Phi) is 5.58. The molecule has 0 radical (unpaired) electrons. The van der Waals surface area contributed by atoms with E-state index in [9.17, 15) is 18.0 Å². The normalized spacial score (nSPS) is 15.8. The number of nitrogens with zero attached hydrogens (tertiary/aromatic N) is 1. The molecular formula is C20H19F3N2O5. The molecular weight excluding hydrogens is 405 g/mol. The van der Waals surface area contributed by atoms with E-state index in [2.05, 4.69) is 5.32 Å². The molecule has 1 fully saturated rings. The van der Waals surface area contributed by atoms with Crippen LogP contribution < -0.4 is 24.4 Å². The van der Waals surface area contributed by atoms with Crippen molar-refractivity contribution in [1.82, 2.24) is 0 Å². The lowest BCUT2D eigenvalue weighted by atomic mass is 10.1. The zero-order chi connectivity index (χ0) is 21.1. The number of fused-ring (bicyclic) bond motifs is 1. The van der Waals surface area contributed by atoms with Crippen LogP contribution in [0.2, 0.25) is 0 Å². The number of hydrogen-bond donors (Lipinski definition) is 1. The van der Waals surface area contributed by atoms with Gasteiger partial charge in [0, 0.05) is 19.2 Å². The summed E-state index contributed by atoms with van der Waals surface area (Å²) in [5.41, 5.74) is -0.264. The van der Waals surface area contributed by atoms with Gasteiger partial charge in [-0.1, -0.05) is 0 Å². The summed E-state index contributed by atoms with van der Waals surface area (Å²) in [7, 11) is 0. The lowest BCUT2D eigenvalue weighted by Crippen LogP contribution is -2.37. The first-order chi connectivity index (χ1) is 14.4. The van der Waals surface area contributed by atoms with Crippen LogP contribution in [0.5, 0.6) is 17.2 Å². The van der Waals surface area contributed by atoms with Crippen molar-refractivity contribution < 1.29 is 36.9 Å². The maximum atomic E-state index is 13.2. The van der Waals surface area contributed by atoms with Gasteiger partial charge in [-0.05, 0) is 30.3 Å². The Hall–Kier alpha value is -3.14. The number of morpholine rings is 1. The predicted octanol–water partition coefficient (Wildman–Crippen LogP) is 3.29. The minimum Gasteiger partial charge on any atom is -0.484 e. The first-order valence-electron chi connectivity index (χ1n) is 9.26. The number of amides is 1. The second kappa shape index (κ2) is 8.31. The van der Waals surface area contributed by atoms with Crippen molar-refractivity contribution in [2.75, 3.05) is 49.9 Å². The summed E-state index contributed by atoms with van der Waals surface area (Å²) in [6.07, 6.45) is -4.52. The predicted molar refractivity (Wildman–Crippen MR) is 101 cm³/mol. The quantitative estimate of drug-likeness (QED) is 0.795. The molecule has 30 heavy (non-hydrogen) atoms. The number of alkyl halides is 3. The highest BCUT2D eigenvalue weighted by Gasteiger charge is 2.32. The van der Waals surface area contributed by atoms with E-state index < -0.39 is 17.6 Å². The average molecular weight is 424 g/mol. The summed E-state index contributed by atoms with van der Waals surface area (Å²) in [5.74, 6) is 0.875. The zero-order valence-corrected chi connectivity index (χ0v) is 15.8. The fourth-order valence-electron chi connectivity index (χ4n) is 3.19. The lowest BCUT2D eigenvalue weighted by Gasteiger charge is -2.31. The monoisotopic (exact) mass is 424 g/mol. The first kappa shape index (κ1) is 20.1. The maximum Gasteiger partial charge on any atom is 0.416 e. The van der Waals surface area contributed by atoms with Gasteiger partial charge in [0.15, 0.2) is 18.1 Å². The third-order valence-electron chi connectivity index (χ3n) is 4.66. The van der Waals surface area contributed by atoms with Gasteiger partial charge in [0.25, 0.3) is 5.91 Å². The van der Waals surface area contributed by atoms with Crippen LogP contribution in [-0.4, -0.2) is 45.6 Å². The van der Waals surface area contributed by atoms with E-state index in [1.54, 1.807) is 18.2 Å². The number of benzene rings is 2. The molecule has 0 unspecified atom stereocenters. The van der Waals surface area contributed by atoms with Gasteiger partial charge in [0.05, 0.1) is 30.2 Å². The highest BCUT2D eigenvalue weighted by Crippen LogP contribution is 2.36. The van der Waals surface area contributed by atoms with Crippen LogP contribution in [0.3, 0.4) is 0 Å². The summed E-state index contributed by atoms with van der Waals surface area (Å²) in [6.45, 7) is 1.69. The van der Waals surface area contributed by atoms with Crippen LogP contribution in [0.4, 0.5) is 24.5 Å². The highest BCUT2D eigenvalue weighted by atomic mass is 19.4. The van der Waals surface area contributed by atoms with Crippen molar-refractivity contribution in [2.24, 2.45) is 0 Å². The molecule has 0 aliphatic carbocycles. The van der Waals surface area contributed by atoms with Gasteiger partial charge in [-0.3, -0.25) is 4.79 Å². The van der Waals surface area contributed by atoms with E-state index in [0.29, 0.717) is 49.2 Å². The summed E-state index contributed by atoms with van der Waals surface area (Å²) < 4.78 is 60.7. The van der Waals surface area contributed by atoms with Crippen molar-refractivity contribution in [3.63, 3.8) is 0 Å². The zero-order valence-electron chi connectivity index (χ0n) is 15.8. The number of halogens is 3. The number of anilines is 2. The smallest absolute Gasteiger partial charge is 0.416 e. The number of carbonyl (C=O) groups is 1. The van der Waals surface area contributed by atoms with Crippen molar-refractivity contribution in [1.29, 1.82) is 0 Å². The first-order valence-corrected chi connectivity index (χ1v) is 9.26. The van der Waals surface area contributed by atoms with Crippen LogP contribution in [0.25, 0.3) is 0 Å². The molecule has 0 spiro atoms. The van der Waals surface area contributed by atoms with Crippen molar-refractivity contribution in [3.05, 3.63) is 42.0 Å². The molecule has 2 aliphatic heterocycles. The van der Waals surface area contributed by atoms with Gasteiger partial charge in [0.2, 0.25) is 6.79 Å². The average Bonchev–Trinajstić information content (AvgIpc) is 3.20. The van der Waals surface area contributed by atoms with Crippen LogP contribution in [-0.2, 0) is 15.7 Å². The second-order valence-electron chi connectivity index (χ2n) is 6.68.